The normalized spacial score (nSPS) is 27.4. The van der Waals surface area contributed by atoms with Gasteiger partial charge in [0.15, 0.2) is 0 Å². The number of nitrogens with one attached hydrogen (secondary N) is 1. The molecule has 0 radical (unpaired) electrons. The van der Waals surface area contributed by atoms with Gasteiger partial charge in [-0.05, 0) is 42.9 Å². The Hall–Kier alpha value is -1.44. The van der Waals surface area contributed by atoms with E-state index in [0.29, 0.717) is 24.9 Å². The van der Waals surface area contributed by atoms with E-state index in [1.807, 2.05) is 20.8 Å². The first-order chi connectivity index (χ1) is 10.4. The molecule has 1 aliphatic carbocycles. The molecule has 0 saturated heterocycles. The van der Waals surface area contributed by atoms with Gasteiger partial charge in [0.2, 0.25) is 15.9 Å². The van der Waals surface area contributed by atoms with E-state index < -0.39 is 21.5 Å². The fraction of sp³-hybridized carbons (Fsp3) is 0.562. The molecule has 0 bridgehead atoms. The molecule has 6 nitrogen and oxygen atoms in total. The average Bonchev–Trinajstić information content (AvgIpc) is 2.35. The second-order valence-corrected chi connectivity index (χ2v) is 9.05. The molecule has 23 heavy (non-hydrogen) atoms. The van der Waals surface area contributed by atoms with Crippen LogP contribution in [-0.4, -0.2) is 25.5 Å². The monoisotopic (exact) mass is 340 g/mol. The van der Waals surface area contributed by atoms with Crippen LogP contribution < -0.4 is 10.5 Å². The fourth-order valence-electron chi connectivity index (χ4n) is 3.64. The van der Waals surface area contributed by atoms with Crippen molar-refractivity contribution in [1.82, 2.24) is 0 Å². The topological polar surface area (TPSA) is 109 Å². The lowest BCUT2D eigenvalue weighted by Crippen LogP contribution is -2.45. The van der Waals surface area contributed by atoms with Crippen molar-refractivity contribution in [3.05, 3.63) is 24.3 Å². The summed E-state index contributed by atoms with van der Waals surface area (Å²) in [6.45, 7) is 5.89. The molecule has 0 spiro atoms. The molecule has 128 valence electrons. The highest BCUT2D eigenvalue weighted by atomic mass is 32.2. The van der Waals surface area contributed by atoms with Gasteiger partial charge >= 0.3 is 0 Å². The van der Waals surface area contributed by atoms with Crippen molar-refractivity contribution in [2.75, 3.05) is 5.32 Å². The van der Waals surface area contributed by atoms with E-state index in [0.717, 1.165) is 0 Å². The highest BCUT2D eigenvalue weighted by Gasteiger charge is 2.45. The summed E-state index contributed by atoms with van der Waals surface area (Å²) in [5, 5.41) is 17.9. The number of carbonyl (C=O) groups is 1. The summed E-state index contributed by atoms with van der Waals surface area (Å²) in [5.74, 6) is -0.226. The zero-order valence-electron chi connectivity index (χ0n) is 13.7. The van der Waals surface area contributed by atoms with Crippen LogP contribution in [0.3, 0.4) is 0 Å². The smallest absolute Gasteiger partial charge is 0.238 e. The maximum Gasteiger partial charge on any atom is 0.238 e. The summed E-state index contributed by atoms with van der Waals surface area (Å²) in [4.78, 5) is 12.6. The van der Waals surface area contributed by atoms with E-state index in [1.54, 1.807) is 6.07 Å². The van der Waals surface area contributed by atoms with Gasteiger partial charge in [-0.25, -0.2) is 13.6 Å². The Morgan fingerprint density at radius 1 is 1.30 bits per heavy atom. The minimum atomic E-state index is -3.82. The molecule has 1 aliphatic rings. The molecule has 1 saturated carbocycles. The molecule has 4 N–H and O–H groups in total. The van der Waals surface area contributed by atoms with Gasteiger partial charge in [-0.1, -0.05) is 26.8 Å². The number of primary sulfonamides is 1. The zero-order valence-corrected chi connectivity index (χ0v) is 14.5. The van der Waals surface area contributed by atoms with Crippen LogP contribution in [0, 0.1) is 10.8 Å². The third-order valence-corrected chi connectivity index (χ3v) is 5.22. The van der Waals surface area contributed by atoms with Gasteiger partial charge in [0, 0.05) is 11.1 Å². The number of sulfonamides is 1. The molecule has 1 aromatic rings. The van der Waals surface area contributed by atoms with Gasteiger partial charge in [0.25, 0.3) is 0 Å². The van der Waals surface area contributed by atoms with Crippen molar-refractivity contribution in [3.63, 3.8) is 0 Å². The maximum atomic E-state index is 12.7. The lowest BCUT2D eigenvalue weighted by Gasteiger charge is -2.44. The lowest BCUT2D eigenvalue weighted by molar-refractivity contribution is -0.132. The van der Waals surface area contributed by atoms with Crippen LogP contribution in [0.15, 0.2) is 29.2 Å². The first-order valence-electron chi connectivity index (χ1n) is 7.54. The average molecular weight is 340 g/mol. The van der Waals surface area contributed by atoms with Crippen LogP contribution in [0.25, 0.3) is 0 Å². The van der Waals surface area contributed by atoms with Gasteiger partial charge in [-0.15, -0.1) is 0 Å². The van der Waals surface area contributed by atoms with Crippen LogP contribution in [0.5, 0.6) is 0 Å². The van der Waals surface area contributed by atoms with Gasteiger partial charge in [-0.3, -0.25) is 4.79 Å². The molecule has 0 aliphatic heterocycles. The minimum Gasteiger partial charge on any atom is -0.393 e. The highest BCUT2D eigenvalue weighted by molar-refractivity contribution is 7.89. The number of aliphatic hydroxyl groups excluding tert-OH is 1. The van der Waals surface area contributed by atoms with Crippen molar-refractivity contribution in [2.45, 2.75) is 51.0 Å². The second kappa shape index (κ2) is 5.89. The first kappa shape index (κ1) is 17.9. The Bertz CT molecular complexity index is 715. The number of rotatable bonds is 3. The summed E-state index contributed by atoms with van der Waals surface area (Å²) in [6, 6.07) is 5.85. The van der Waals surface area contributed by atoms with Gasteiger partial charge in [0.1, 0.15) is 0 Å². The summed E-state index contributed by atoms with van der Waals surface area (Å²) in [7, 11) is -3.82. The van der Waals surface area contributed by atoms with Crippen LogP contribution in [0.2, 0.25) is 0 Å². The third kappa shape index (κ3) is 4.31. The van der Waals surface area contributed by atoms with Gasteiger partial charge in [0.05, 0.1) is 11.0 Å². The molecule has 0 heterocycles. The predicted molar refractivity (Wildman–Crippen MR) is 88.2 cm³/mol. The van der Waals surface area contributed by atoms with Crippen LogP contribution in [-0.2, 0) is 14.8 Å². The third-order valence-electron chi connectivity index (χ3n) is 4.31. The SMILES string of the molecule is CC1(C)CC(O)CC(C)(C(=O)Nc2cccc(S(N)(=O)=O)c2)C1. The molecule has 1 fully saturated rings. The summed E-state index contributed by atoms with van der Waals surface area (Å²) >= 11 is 0. The molecule has 2 rings (SSSR count). The van der Waals surface area contributed by atoms with Crippen molar-refractivity contribution in [2.24, 2.45) is 16.0 Å². The van der Waals surface area contributed by atoms with Crippen LogP contribution in [0.4, 0.5) is 5.69 Å². The number of carbonyl (C=O) groups excluding carboxylic acids is 1. The van der Waals surface area contributed by atoms with Crippen molar-refractivity contribution in [3.8, 4) is 0 Å². The number of benzene rings is 1. The largest absolute Gasteiger partial charge is 0.393 e. The number of hydrogen-bond donors (Lipinski definition) is 3. The minimum absolute atomic E-state index is 0.0514. The van der Waals surface area contributed by atoms with Crippen molar-refractivity contribution >= 4 is 21.6 Å². The number of amides is 1. The number of aliphatic hydroxyl groups is 1. The second-order valence-electron chi connectivity index (χ2n) is 7.49. The van der Waals surface area contributed by atoms with E-state index in [-0.39, 0.29) is 16.2 Å². The van der Waals surface area contributed by atoms with E-state index in [9.17, 15) is 18.3 Å². The number of anilines is 1. The predicted octanol–water partition coefficient (Wildman–Crippen LogP) is 1.85. The molecule has 7 heteroatoms. The fourth-order valence-corrected chi connectivity index (χ4v) is 4.20. The Kier molecular flexibility index (Phi) is 4.58. The Morgan fingerprint density at radius 3 is 2.52 bits per heavy atom. The quantitative estimate of drug-likeness (QED) is 0.780. The Balaban J connectivity index is 2.22. The number of nitrogens with two attached hydrogens (primary N) is 1. The summed E-state index contributed by atoms with van der Waals surface area (Å²) < 4.78 is 22.8. The Labute approximate surface area is 137 Å². The van der Waals surface area contributed by atoms with E-state index in [2.05, 4.69) is 5.32 Å². The van der Waals surface area contributed by atoms with E-state index in [1.165, 1.54) is 18.2 Å². The van der Waals surface area contributed by atoms with Crippen LogP contribution >= 0.6 is 0 Å². The number of hydrogen-bond acceptors (Lipinski definition) is 4. The molecular formula is C16H24N2O4S. The van der Waals surface area contributed by atoms with Crippen molar-refractivity contribution in [1.29, 1.82) is 0 Å². The Morgan fingerprint density at radius 2 is 1.96 bits per heavy atom. The first-order valence-corrected chi connectivity index (χ1v) is 9.08. The molecule has 1 aromatic carbocycles. The molecule has 0 aromatic heterocycles. The molecule has 2 atom stereocenters. The van der Waals surface area contributed by atoms with Crippen molar-refractivity contribution < 1.29 is 18.3 Å². The van der Waals surface area contributed by atoms with E-state index >= 15 is 0 Å². The zero-order chi connectivity index (χ0) is 17.5. The molecule has 1 amide bonds. The molecule has 2 unspecified atom stereocenters. The van der Waals surface area contributed by atoms with Gasteiger partial charge in [-0.2, -0.15) is 0 Å². The maximum absolute atomic E-state index is 12.7. The van der Waals surface area contributed by atoms with E-state index in [4.69, 9.17) is 5.14 Å². The highest BCUT2D eigenvalue weighted by Crippen LogP contribution is 2.46. The summed E-state index contributed by atoms with van der Waals surface area (Å²) in [5.41, 5.74) is -0.467. The molecular weight excluding hydrogens is 316 g/mol. The van der Waals surface area contributed by atoms with Crippen LogP contribution in [0.1, 0.15) is 40.0 Å². The lowest BCUT2D eigenvalue weighted by atomic mass is 9.63. The van der Waals surface area contributed by atoms with Gasteiger partial charge < -0.3 is 10.4 Å². The standard InChI is InChI=1S/C16H24N2O4S/c1-15(2)8-12(19)9-16(3,10-15)14(20)18-11-5-4-6-13(7-11)23(17,21)22/h4-7,12,19H,8-10H2,1-3H3,(H,18,20)(H2,17,21,22). The summed E-state index contributed by atoms with van der Waals surface area (Å²) in [6.07, 6.45) is 1.18.